The summed E-state index contributed by atoms with van der Waals surface area (Å²) in [4.78, 5) is 12.1. The van der Waals surface area contributed by atoms with Crippen molar-refractivity contribution in [2.45, 2.75) is 13.3 Å². The van der Waals surface area contributed by atoms with Gasteiger partial charge in [0.05, 0.1) is 9.26 Å². The summed E-state index contributed by atoms with van der Waals surface area (Å²) in [6, 6.07) is 7.01. The van der Waals surface area contributed by atoms with Crippen LogP contribution in [0.4, 0.5) is 13.2 Å². The van der Waals surface area contributed by atoms with Crippen LogP contribution < -0.4 is 10.3 Å². The molecule has 0 unspecified atom stereocenters. The van der Waals surface area contributed by atoms with Gasteiger partial charge in [0, 0.05) is 12.3 Å². The van der Waals surface area contributed by atoms with Gasteiger partial charge in [0.1, 0.15) is 5.75 Å². The first kappa shape index (κ1) is 14.9. The van der Waals surface area contributed by atoms with Crippen LogP contribution in [0, 0.1) is 10.5 Å². The van der Waals surface area contributed by atoms with Crippen molar-refractivity contribution < 1.29 is 17.9 Å². The summed E-state index contributed by atoms with van der Waals surface area (Å²) < 4.78 is 42.2. The van der Waals surface area contributed by atoms with E-state index in [2.05, 4.69) is 4.74 Å². The maximum Gasteiger partial charge on any atom is 0.573 e. The highest BCUT2D eigenvalue weighted by Crippen LogP contribution is 2.24. The molecule has 0 amide bonds. The van der Waals surface area contributed by atoms with Crippen molar-refractivity contribution in [1.82, 2.24) is 4.57 Å². The number of hydrogen-bond acceptors (Lipinski definition) is 2. The lowest BCUT2D eigenvalue weighted by Gasteiger charge is -2.11. The molecule has 1 aromatic carbocycles. The summed E-state index contributed by atoms with van der Waals surface area (Å²) >= 11 is 1.91. The van der Waals surface area contributed by atoms with E-state index in [1.807, 2.05) is 22.6 Å². The van der Waals surface area contributed by atoms with Crippen LogP contribution >= 0.6 is 22.6 Å². The Bertz CT molecular complexity index is 695. The Morgan fingerprint density at radius 2 is 1.95 bits per heavy atom. The molecule has 20 heavy (non-hydrogen) atoms. The van der Waals surface area contributed by atoms with Gasteiger partial charge in [0.25, 0.3) is 5.56 Å². The first-order valence-corrected chi connectivity index (χ1v) is 6.60. The molecule has 0 aliphatic carbocycles. The minimum Gasteiger partial charge on any atom is -0.406 e. The van der Waals surface area contributed by atoms with E-state index in [0.717, 1.165) is 5.56 Å². The van der Waals surface area contributed by atoms with E-state index in [1.165, 1.54) is 35.0 Å². The van der Waals surface area contributed by atoms with Crippen molar-refractivity contribution in [3.8, 4) is 11.4 Å². The lowest BCUT2D eigenvalue weighted by Crippen LogP contribution is -2.21. The van der Waals surface area contributed by atoms with Crippen molar-refractivity contribution in [3.63, 3.8) is 0 Å². The summed E-state index contributed by atoms with van der Waals surface area (Å²) in [5, 5.41) is 0. The Balaban J connectivity index is 2.47. The lowest BCUT2D eigenvalue weighted by atomic mass is 10.2. The molecule has 2 rings (SSSR count). The minimum absolute atomic E-state index is 0.283. The highest BCUT2D eigenvalue weighted by Gasteiger charge is 2.31. The molecule has 7 heteroatoms. The lowest BCUT2D eigenvalue weighted by molar-refractivity contribution is -0.274. The standard InChI is InChI=1S/C13H9F3INO2/c1-8-5-6-18(12(19)11(8)17)9-3-2-4-10(7-9)20-13(14,15)16/h2-7H,1H3. The van der Waals surface area contributed by atoms with Crippen molar-refractivity contribution >= 4 is 22.6 Å². The van der Waals surface area contributed by atoms with Crippen LogP contribution in [-0.4, -0.2) is 10.9 Å². The Labute approximate surface area is 126 Å². The molecular formula is C13H9F3INO2. The second-order valence-electron chi connectivity index (χ2n) is 4.03. The SMILES string of the molecule is Cc1ccn(-c2cccc(OC(F)(F)F)c2)c(=O)c1I. The van der Waals surface area contributed by atoms with Gasteiger partial charge < -0.3 is 4.74 Å². The summed E-state index contributed by atoms with van der Waals surface area (Å²) in [7, 11) is 0. The highest BCUT2D eigenvalue weighted by molar-refractivity contribution is 14.1. The van der Waals surface area contributed by atoms with Gasteiger partial charge in [-0.25, -0.2) is 0 Å². The third-order valence-electron chi connectivity index (χ3n) is 2.56. The number of hydrogen-bond donors (Lipinski definition) is 0. The minimum atomic E-state index is -4.76. The molecule has 0 saturated heterocycles. The van der Waals surface area contributed by atoms with E-state index >= 15 is 0 Å². The fraction of sp³-hybridized carbons (Fsp3) is 0.154. The maximum absolute atomic E-state index is 12.2. The first-order valence-electron chi connectivity index (χ1n) is 5.52. The van der Waals surface area contributed by atoms with Crippen LogP contribution in [-0.2, 0) is 0 Å². The predicted octanol–water partition coefficient (Wildman–Crippen LogP) is 3.65. The Morgan fingerprint density at radius 3 is 2.60 bits per heavy atom. The van der Waals surface area contributed by atoms with E-state index in [4.69, 9.17) is 0 Å². The molecule has 0 aliphatic heterocycles. The number of aryl methyl sites for hydroxylation is 1. The van der Waals surface area contributed by atoms with Crippen LogP contribution in [0.5, 0.6) is 5.75 Å². The highest BCUT2D eigenvalue weighted by atomic mass is 127. The summed E-state index contributed by atoms with van der Waals surface area (Å²) in [5.41, 5.74) is 0.846. The zero-order chi connectivity index (χ0) is 14.9. The number of alkyl halides is 3. The molecule has 0 atom stereocenters. The number of nitrogens with zero attached hydrogens (tertiary/aromatic N) is 1. The maximum atomic E-state index is 12.2. The summed E-state index contributed by atoms with van der Waals surface area (Å²) in [6.07, 6.45) is -3.24. The molecule has 3 nitrogen and oxygen atoms in total. The average Bonchev–Trinajstić information content (AvgIpc) is 2.34. The number of ether oxygens (including phenoxy) is 1. The number of benzene rings is 1. The van der Waals surface area contributed by atoms with Crippen LogP contribution in [0.25, 0.3) is 5.69 Å². The molecular weight excluding hydrogens is 386 g/mol. The number of pyridine rings is 1. The molecule has 0 bridgehead atoms. The zero-order valence-corrected chi connectivity index (χ0v) is 12.4. The van der Waals surface area contributed by atoms with Crippen LogP contribution in [0.15, 0.2) is 41.3 Å². The smallest absolute Gasteiger partial charge is 0.406 e. The van der Waals surface area contributed by atoms with Crippen molar-refractivity contribution in [2.75, 3.05) is 0 Å². The Kier molecular flexibility index (Phi) is 4.07. The zero-order valence-electron chi connectivity index (χ0n) is 10.2. The van der Waals surface area contributed by atoms with Crippen molar-refractivity contribution in [2.24, 2.45) is 0 Å². The quantitative estimate of drug-likeness (QED) is 0.728. The molecule has 106 valence electrons. The molecule has 0 saturated carbocycles. The van der Waals surface area contributed by atoms with Crippen molar-refractivity contribution in [1.29, 1.82) is 0 Å². The van der Waals surface area contributed by atoms with Gasteiger partial charge in [-0.05, 0) is 53.3 Å². The fourth-order valence-electron chi connectivity index (χ4n) is 1.64. The van der Waals surface area contributed by atoms with Gasteiger partial charge in [-0.2, -0.15) is 0 Å². The summed E-state index contributed by atoms with van der Waals surface area (Å²) in [6.45, 7) is 1.79. The fourth-order valence-corrected chi connectivity index (χ4v) is 2.08. The second kappa shape index (κ2) is 5.47. The number of aromatic nitrogens is 1. The van der Waals surface area contributed by atoms with E-state index in [0.29, 0.717) is 9.26 Å². The van der Waals surface area contributed by atoms with Gasteiger partial charge in [0.2, 0.25) is 0 Å². The second-order valence-corrected chi connectivity index (χ2v) is 5.11. The third kappa shape index (κ3) is 3.33. The molecule has 0 N–H and O–H groups in total. The van der Waals surface area contributed by atoms with Crippen LogP contribution in [0.3, 0.4) is 0 Å². The molecule has 0 fully saturated rings. The van der Waals surface area contributed by atoms with E-state index in [-0.39, 0.29) is 11.3 Å². The van der Waals surface area contributed by atoms with Crippen LogP contribution in [0.1, 0.15) is 5.56 Å². The van der Waals surface area contributed by atoms with Gasteiger partial charge in [0.15, 0.2) is 0 Å². The van der Waals surface area contributed by atoms with Gasteiger partial charge in [-0.15, -0.1) is 13.2 Å². The number of rotatable bonds is 2. The van der Waals surface area contributed by atoms with Gasteiger partial charge in [-0.1, -0.05) is 6.07 Å². The van der Waals surface area contributed by atoms with Crippen LogP contribution in [0.2, 0.25) is 0 Å². The van der Waals surface area contributed by atoms with Gasteiger partial charge >= 0.3 is 6.36 Å². The van der Waals surface area contributed by atoms with Crippen molar-refractivity contribution in [3.05, 3.63) is 56.0 Å². The van der Waals surface area contributed by atoms with E-state index < -0.39 is 6.36 Å². The first-order chi connectivity index (χ1) is 9.28. The topological polar surface area (TPSA) is 31.2 Å². The molecule has 1 aromatic heterocycles. The largest absolute Gasteiger partial charge is 0.573 e. The average molecular weight is 395 g/mol. The molecule has 0 spiro atoms. The number of halogens is 4. The molecule has 0 radical (unpaired) electrons. The monoisotopic (exact) mass is 395 g/mol. The molecule has 1 heterocycles. The third-order valence-corrected chi connectivity index (χ3v) is 3.87. The Morgan fingerprint density at radius 1 is 1.25 bits per heavy atom. The van der Waals surface area contributed by atoms with E-state index in [1.54, 1.807) is 13.0 Å². The predicted molar refractivity (Wildman–Crippen MR) is 76.2 cm³/mol. The summed E-state index contributed by atoms with van der Waals surface area (Å²) in [5.74, 6) is -0.363. The molecule has 0 aliphatic rings. The normalized spacial score (nSPS) is 11.4. The Hall–Kier alpha value is -1.51. The van der Waals surface area contributed by atoms with E-state index in [9.17, 15) is 18.0 Å². The van der Waals surface area contributed by atoms with Gasteiger partial charge in [-0.3, -0.25) is 9.36 Å². The molecule has 2 aromatic rings.